The van der Waals surface area contributed by atoms with E-state index in [1.54, 1.807) is 24.7 Å². The van der Waals surface area contributed by atoms with Gasteiger partial charge >= 0.3 is 5.97 Å². The lowest BCUT2D eigenvalue weighted by molar-refractivity contribution is -0.160. The summed E-state index contributed by atoms with van der Waals surface area (Å²) in [6, 6.07) is 13.4. The minimum atomic E-state index is -1.20. The molecule has 0 radical (unpaired) electrons. The number of halogens is 1. The van der Waals surface area contributed by atoms with Crippen LogP contribution in [0, 0.1) is 5.92 Å². The fourth-order valence-corrected chi connectivity index (χ4v) is 5.07. The van der Waals surface area contributed by atoms with E-state index in [9.17, 15) is 9.35 Å². The molecule has 1 aliphatic heterocycles. The molecule has 220 valence electrons. The van der Waals surface area contributed by atoms with Crippen molar-refractivity contribution >= 4 is 63.4 Å². The molecule has 2 aromatic carbocycles. The van der Waals surface area contributed by atoms with E-state index < -0.39 is 17.0 Å². The fraction of sp³-hybridized carbons (Fsp3) is 0.414. The first kappa shape index (κ1) is 30.5. The van der Waals surface area contributed by atoms with E-state index in [1.165, 1.54) is 6.20 Å². The highest BCUT2D eigenvalue weighted by Gasteiger charge is 2.29. The Morgan fingerprint density at radius 3 is 2.51 bits per heavy atom. The molecule has 41 heavy (non-hydrogen) atoms. The Kier molecular flexibility index (Phi) is 9.72. The molecule has 0 spiro atoms. The number of anilines is 6. The third kappa shape index (κ3) is 7.87. The number of carbonyl (C=O) groups excluding carboxylic acids is 1. The highest BCUT2D eigenvalue weighted by molar-refractivity contribution is 7.92. The van der Waals surface area contributed by atoms with Crippen LogP contribution < -0.4 is 24.6 Å². The van der Waals surface area contributed by atoms with Gasteiger partial charge < -0.3 is 29.6 Å². The predicted octanol–water partition coefficient (Wildman–Crippen LogP) is 5.91. The van der Waals surface area contributed by atoms with E-state index >= 15 is 0 Å². The molecular formula is C29H37ClN6O4S. The van der Waals surface area contributed by atoms with Gasteiger partial charge in [0.25, 0.3) is 0 Å². The number of hydrogen-bond donors (Lipinski definition) is 2. The van der Waals surface area contributed by atoms with Gasteiger partial charge in [-0.25, -0.2) is 4.98 Å². The van der Waals surface area contributed by atoms with Crippen LogP contribution in [0.5, 0.6) is 5.75 Å². The average Bonchev–Trinajstić information content (AvgIpc) is 2.94. The van der Waals surface area contributed by atoms with E-state index in [-0.39, 0.29) is 11.9 Å². The Balaban J connectivity index is 1.46. The van der Waals surface area contributed by atoms with Gasteiger partial charge in [-0.2, -0.15) is 9.29 Å². The van der Waals surface area contributed by atoms with E-state index in [2.05, 4.69) is 25.5 Å². The number of benzene rings is 2. The summed E-state index contributed by atoms with van der Waals surface area (Å²) < 4.78 is 25.0. The van der Waals surface area contributed by atoms with Gasteiger partial charge in [0.2, 0.25) is 5.95 Å². The molecule has 1 saturated heterocycles. The number of nitrogens with one attached hydrogen (secondary N) is 2. The molecular weight excluding hydrogens is 564 g/mol. The van der Waals surface area contributed by atoms with Crippen molar-refractivity contribution in [2.75, 3.05) is 53.3 Å². The van der Waals surface area contributed by atoms with Crippen molar-refractivity contribution in [2.24, 2.45) is 5.92 Å². The van der Waals surface area contributed by atoms with Gasteiger partial charge in [0.1, 0.15) is 28.3 Å². The van der Waals surface area contributed by atoms with Crippen LogP contribution in [-0.2, 0) is 20.9 Å². The third-order valence-electron chi connectivity index (χ3n) is 6.66. The molecule has 1 atom stereocenters. The van der Waals surface area contributed by atoms with Crippen LogP contribution in [0.2, 0.25) is 5.02 Å². The van der Waals surface area contributed by atoms with Crippen molar-refractivity contribution in [3.63, 3.8) is 0 Å². The second-order valence-corrected chi connectivity index (χ2v) is 12.6. The first-order valence-corrected chi connectivity index (χ1v) is 15.2. The topological polar surface area (TPSA) is 115 Å². The molecule has 0 bridgehead atoms. The monoisotopic (exact) mass is 600 g/mol. The molecule has 1 aromatic heterocycles. The minimum absolute atomic E-state index is 0.0883. The van der Waals surface area contributed by atoms with Crippen LogP contribution in [0.3, 0.4) is 0 Å². The number of rotatable bonds is 9. The molecule has 0 amide bonds. The molecule has 12 heteroatoms. The number of aromatic nitrogens is 2. The number of esters is 1. The normalized spacial score (nSPS) is 14.8. The summed E-state index contributed by atoms with van der Waals surface area (Å²) in [7, 11) is 3.37. The molecule has 1 fully saturated rings. The van der Waals surface area contributed by atoms with Crippen LogP contribution in [0.1, 0.15) is 33.6 Å². The average molecular weight is 601 g/mol. The zero-order valence-electron chi connectivity index (χ0n) is 24.2. The summed E-state index contributed by atoms with van der Waals surface area (Å²) in [4.78, 5) is 23.6. The molecule has 0 aliphatic carbocycles. The molecule has 10 nitrogen and oxygen atoms in total. The molecule has 0 saturated carbocycles. The smallest absolute Gasteiger partial charge is 0.309 e. The van der Waals surface area contributed by atoms with Gasteiger partial charge in [-0.15, -0.1) is 0 Å². The standard InChI is InChI=1S/C29H37ClN6O4S/c1-29(2,3)40-27(37)19-13-15-36(16-14-19)20-11-12-23(25(17-20)39-5)33-28-31-18-21(30)26(34-28)32-22-9-7-8-10-24(22)35(4)41(6)38/h7-12,17-19H,13-16H2,1-6H3,(H2,31,32,33,34). The number of methoxy groups -OCH3 is 1. The van der Waals surface area contributed by atoms with Crippen LogP contribution in [0.15, 0.2) is 48.7 Å². The van der Waals surface area contributed by atoms with Crippen LogP contribution in [0.25, 0.3) is 0 Å². The van der Waals surface area contributed by atoms with Crippen LogP contribution in [0.4, 0.5) is 34.5 Å². The van der Waals surface area contributed by atoms with Gasteiger partial charge in [-0.05, 0) is 57.9 Å². The van der Waals surface area contributed by atoms with Crippen molar-refractivity contribution in [3.05, 3.63) is 53.7 Å². The quantitative estimate of drug-likeness (QED) is 0.227. The first-order valence-electron chi connectivity index (χ1n) is 13.3. The van der Waals surface area contributed by atoms with Crippen molar-refractivity contribution in [1.82, 2.24) is 9.97 Å². The molecule has 4 rings (SSSR count). The number of para-hydroxylation sites is 2. The largest absolute Gasteiger partial charge is 0.593 e. The summed E-state index contributed by atoms with van der Waals surface area (Å²) in [6.07, 6.45) is 4.60. The van der Waals surface area contributed by atoms with Gasteiger partial charge in [-0.3, -0.25) is 4.79 Å². The van der Waals surface area contributed by atoms with Crippen molar-refractivity contribution in [1.29, 1.82) is 0 Å². The first-order chi connectivity index (χ1) is 19.4. The Hall–Kier alpha value is -3.41. The van der Waals surface area contributed by atoms with Crippen molar-refractivity contribution < 1.29 is 18.8 Å². The van der Waals surface area contributed by atoms with E-state index in [0.717, 1.165) is 37.3 Å². The fourth-order valence-electron chi connectivity index (χ4n) is 4.49. The molecule has 2 N–H and O–H groups in total. The van der Waals surface area contributed by atoms with Gasteiger partial charge in [-0.1, -0.05) is 23.7 Å². The Morgan fingerprint density at radius 2 is 1.85 bits per heavy atom. The maximum absolute atomic E-state index is 12.5. The number of hydrogen-bond acceptors (Lipinski definition) is 10. The van der Waals surface area contributed by atoms with Crippen molar-refractivity contribution in [3.8, 4) is 5.75 Å². The maximum Gasteiger partial charge on any atom is 0.309 e. The SMILES string of the molecule is COc1cc(N2CCC(C(=O)OC(C)(C)C)CC2)ccc1Nc1ncc(Cl)c(Nc2ccccc2N(C)[S+](C)[O-])n1. The van der Waals surface area contributed by atoms with Gasteiger partial charge in [0.05, 0.1) is 49.0 Å². The van der Waals surface area contributed by atoms with E-state index in [0.29, 0.717) is 33.9 Å². The summed E-state index contributed by atoms with van der Waals surface area (Å²) >= 11 is 5.22. The lowest BCUT2D eigenvalue weighted by Crippen LogP contribution is -2.38. The second-order valence-electron chi connectivity index (χ2n) is 10.8. The zero-order valence-corrected chi connectivity index (χ0v) is 25.8. The Morgan fingerprint density at radius 1 is 1.15 bits per heavy atom. The van der Waals surface area contributed by atoms with E-state index in [4.69, 9.17) is 21.1 Å². The highest BCUT2D eigenvalue weighted by atomic mass is 35.5. The minimum Gasteiger partial charge on any atom is -0.593 e. The van der Waals surface area contributed by atoms with Gasteiger partial charge in [0.15, 0.2) is 5.82 Å². The number of nitrogens with zero attached hydrogens (tertiary/aromatic N) is 4. The Bertz CT molecular complexity index is 1360. The van der Waals surface area contributed by atoms with Crippen LogP contribution in [-0.4, -0.2) is 59.6 Å². The van der Waals surface area contributed by atoms with E-state index in [1.807, 2.05) is 63.2 Å². The molecule has 1 unspecified atom stereocenters. The summed E-state index contributed by atoms with van der Waals surface area (Å²) in [5.41, 5.74) is 2.66. The number of carbonyl (C=O) groups is 1. The number of ether oxygens (including phenoxy) is 2. The third-order valence-corrected chi connectivity index (χ3v) is 7.90. The lowest BCUT2D eigenvalue weighted by atomic mass is 9.96. The number of piperidine rings is 1. The predicted molar refractivity (Wildman–Crippen MR) is 166 cm³/mol. The Labute approximate surface area is 249 Å². The van der Waals surface area contributed by atoms with Crippen molar-refractivity contribution in [2.45, 2.75) is 39.2 Å². The maximum atomic E-state index is 12.5. The molecule has 2 heterocycles. The summed E-state index contributed by atoms with van der Waals surface area (Å²) in [5, 5.41) is 6.79. The highest BCUT2D eigenvalue weighted by Crippen LogP contribution is 2.35. The van der Waals surface area contributed by atoms with Gasteiger partial charge in [0, 0.05) is 24.8 Å². The molecule has 1 aliphatic rings. The second kappa shape index (κ2) is 13.1. The lowest BCUT2D eigenvalue weighted by Gasteiger charge is -2.34. The zero-order chi connectivity index (χ0) is 29.7. The molecule has 3 aromatic rings. The summed E-state index contributed by atoms with van der Waals surface area (Å²) in [6.45, 7) is 7.17. The summed E-state index contributed by atoms with van der Waals surface area (Å²) in [5.74, 6) is 1.14. The van der Waals surface area contributed by atoms with Crippen LogP contribution >= 0.6 is 11.6 Å².